The van der Waals surface area contributed by atoms with Crippen molar-refractivity contribution in [2.45, 2.75) is 38.5 Å². The fourth-order valence-electron chi connectivity index (χ4n) is 5.31. The number of carbonyl (C=O) groups is 1. The van der Waals surface area contributed by atoms with Crippen molar-refractivity contribution in [3.05, 3.63) is 30.3 Å². The molecule has 0 unspecified atom stereocenters. The molecule has 0 heterocycles. The molecule has 0 radical (unpaired) electrons. The number of amides is 1. The maximum absolute atomic E-state index is 12.9. The van der Waals surface area contributed by atoms with Gasteiger partial charge in [0.05, 0.1) is 5.41 Å². The Labute approximate surface area is 114 Å². The Morgan fingerprint density at radius 3 is 2.84 bits per heavy atom. The van der Waals surface area contributed by atoms with Gasteiger partial charge in [0, 0.05) is 5.69 Å². The molecule has 4 atom stereocenters. The van der Waals surface area contributed by atoms with Crippen LogP contribution in [0.2, 0.25) is 0 Å². The van der Waals surface area contributed by atoms with E-state index in [4.69, 9.17) is 0 Å². The largest absolute Gasteiger partial charge is 0.326 e. The monoisotopic (exact) mass is 255 g/mol. The number of hydrogen-bond donors (Lipinski definition) is 1. The van der Waals surface area contributed by atoms with Crippen LogP contribution in [0.3, 0.4) is 0 Å². The minimum atomic E-state index is -0.0151. The average Bonchev–Trinajstić information content (AvgIpc) is 3.12. The predicted octanol–water partition coefficient (Wildman–Crippen LogP) is 3.84. The first-order chi connectivity index (χ1) is 9.30. The summed E-state index contributed by atoms with van der Waals surface area (Å²) in [4.78, 5) is 12.9. The van der Waals surface area contributed by atoms with Crippen LogP contribution < -0.4 is 5.32 Å². The zero-order valence-corrected chi connectivity index (χ0v) is 11.3. The summed E-state index contributed by atoms with van der Waals surface area (Å²) in [7, 11) is 0. The van der Waals surface area contributed by atoms with Gasteiger partial charge in [-0.3, -0.25) is 4.79 Å². The molecule has 2 nitrogen and oxygen atoms in total. The molecule has 1 aromatic rings. The lowest BCUT2D eigenvalue weighted by Crippen LogP contribution is -2.43. The van der Waals surface area contributed by atoms with Gasteiger partial charge in [-0.2, -0.15) is 0 Å². The maximum atomic E-state index is 12.9. The van der Waals surface area contributed by atoms with Crippen LogP contribution in [0, 0.1) is 23.2 Å². The van der Waals surface area contributed by atoms with Gasteiger partial charge in [-0.05, 0) is 62.0 Å². The molecule has 1 aromatic carbocycles. The smallest absolute Gasteiger partial charge is 0.231 e. The van der Waals surface area contributed by atoms with Crippen molar-refractivity contribution >= 4 is 11.6 Å². The fraction of sp³-hybridized carbons (Fsp3) is 0.588. The van der Waals surface area contributed by atoms with Crippen molar-refractivity contribution in [2.24, 2.45) is 23.2 Å². The molecule has 3 saturated carbocycles. The molecule has 4 rings (SSSR count). The van der Waals surface area contributed by atoms with Crippen LogP contribution in [0.4, 0.5) is 5.69 Å². The lowest BCUT2D eigenvalue weighted by atomic mass is 9.67. The van der Waals surface area contributed by atoms with Crippen molar-refractivity contribution in [1.29, 1.82) is 0 Å². The third-order valence-corrected chi connectivity index (χ3v) is 5.99. The summed E-state index contributed by atoms with van der Waals surface area (Å²) in [5, 5.41) is 3.19. The highest BCUT2D eigenvalue weighted by molar-refractivity contribution is 5.96. The van der Waals surface area contributed by atoms with Gasteiger partial charge in [-0.1, -0.05) is 24.6 Å². The summed E-state index contributed by atoms with van der Waals surface area (Å²) in [5.74, 6) is 2.49. The Morgan fingerprint density at radius 1 is 1.16 bits per heavy atom. The van der Waals surface area contributed by atoms with Crippen molar-refractivity contribution in [1.82, 2.24) is 0 Å². The van der Waals surface area contributed by atoms with Crippen LogP contribution in [0.25, 0.3) is 0 Å². The molecule has 0 aromatic heterocycles. The van der Waals surface area contributed by atoms with Crippen molar-refractivity contribution in [3.8, 4) is 0 Å². The molecular weight excluding hydrogens is 234 g/mol. The molecule has 2 bridgehead atoms. The van der Waals surface area contributed by atoms with Gasteiger partial charge in [0.1, 0.15) is 0 Å². The summed E-state index contributed by atoms with van der Waals surface area (Å²) in [6.45, 7) is 0. The van der Waals surface area contributed by atoms with E-state index in [2.05, 4.69) is 5.32 Å². The Bertz CT molecular complexity index is 497. The van der Waals surface area contributed by atoms with E-state index in [1.165, 1.54) is 32.1 Å². The van der Waals surface area contributed by atoms with Crippen molar-refractivity contribution < 1.29 is 4.79 Å². The lowest BCUT2D eigenvalue weighted by molar-refractivity contribution is -0.130. The third-order valence-electron chi connectivity index (χ3n) is 5.99. The van der Waals surface area contributed by atoms with E-state index < -0.39 is 0 Å². The van der Waals surface area contributed by atoms with Gasteiger partial charge in [-0.15, -0.1) is 0 Å². The van der Waals surface area contributed by atoms with Crippen LogP contribution in [-0.2, 0) is 4.79 Å². The number of rotatable bonds is 2. The zero-order valence-electron chi connectivity index (χ0n) is 11.3. The predicted molar refractivity (Wildman–Crippen MR) is 75.7 cm³/mol. The first-order valence-corrected chi connectivity index (χ1v) is 7.67. The van der Waals surface area contributed by atoms with Crippen LogP contribution in [0.1, 0.15) is 38.5 Å². The van der Waals surface area contributed by atoms with Gasteiger partial charge in [-0.25, -0.2) is 0 Å². The van der Waals surface area contributed by atoms with Gasteiger partial charge in [0.15, 0.2) is 0 Å². The van der Waals surface area contributed by atoms with E-state index in [0.717, 1.165) is 18.0 Å². The topological polar surface area (TPSA) is 29.1 Å². The number of anilines is 1. The lowest BCUT2D eigenvalue weighted by Gasteiger charge is -2.38. The van der Waals surface area contributed by atoms with Crippen LogP contribution in [0.15, 0.2) is 30.3 Å². The van der Waals surface area contributed by atoms with E-state index in [0.29, 0.717) is 17.7 Å². The van der Waals surface area contributed by atoms with Crippen molar-refractivity contribution in [3.63, 3.8) is 0 Å². The van der Waals surface area contributed by atoms with E-state index in [1.54, 1.807) is 0 Å². The quantitative estimate of drug-likeness (QED) is 0.854. The summed E-state index contributed by atoms with van der Waals surface area (Å²) in [6, 6.07) is 9.95. The molecular formula is C17H21NO. The first kappa shape index (κ1) is 11.5. The van der Waals surface area contributed by atoms with Gasteiger partial charge >= 0.3 is 0 Å². The second-order valence-electron chi connectivity index (χ2n) is 6.63. The Kier molecular flexibility index (Phi) is 2.48. The number of nitrogens with one attached hydrogen (secondary N) is 1. The standard InChI is InChI=1S/C17H21NO/c19-16(18-14-5-2-1-3-6-14)17-10-4-7-15(17)12-8-9-13(17)11-12/h1-3,5-6,12-13,15H,4,7-11H2,(H,18,19)/t12-,13+,15+,17+/m0/s1. The summed E-state index contributed by atoms with van der Waals surface area (Å²) < 4.78 is 0. The molecule has 19 heavy (non-hydrogen) atoms. The highest BCUT2D eigenvalue weighted by atomic mass is 16.2. The van der Waals surface area contributed by atoms with Crippen LogP contribution >= 0.6 is 0 Å². The van der Waals surface area contributed by atoms with Crippen LogP contribution in [0.5, 0.6) is 0 Å². The van der Waals surface area contributed by atoms with Gasteiger partial charge in [0.25, 0.3) is 0 Å². The number of fused-ring (bicyclic) bond motifs is 5. The number of benzene rings is 1. The zero-order chi connectivity index (χ0) is 12.9. The third kappa shape index (κ3) is 1.52. The molecule has 0 aliphatic heterocycles. The molecule has 100 valence electrons. The van der Waals surface area contributed by atoms with E-state index >= 15 is 0 Å². The Morgan fingerprint density at radius 2 is 2.00 bits per heavy atom. The second kappa shape index (κ2) is 4.09. The molecule has 2 heteroatoms. The normalized spacial score (nSPS) is 39.3. The first-order valence-electron chi connectivity index (χ1n) is 7.67. The molecule has 3 aliphatic carbocycles. The number of para-hydroxylation sites is 1. The highest BCUT2D eigenvalue weighted by Crippen LogP contribution is 2.66. The average molecular weight is 255 g/mol. The molecule has 1 N–H and O–H groups in total. The summed E-state index contributed by atoms with van der Waals surface area (Å²) in [6.07, 6.45) is 7.62. The molecule has 0 saturated heterocycles. The SMILES string of the molecule is O=C(Nc1ccccc1)[C@@]12CCC[C@@H]1[C@H]1CC[C@@H]2C1. The Balaban J connectivity index is 1.62. The minimum Gasteiger partial charge on any atom is -0.326 e. The second-order valence-corrected chi connectivity index (χ2v) is 6.63. The summed E-state index contributed by atoms with van der Waals surface area (Å²) >= 11 is 0. The van der Waals surface area contributed by atoms with Crippen molar-refractivity contribution in [2.75, 3.05) is 5.32 Å². The number of hydrogen-bond acceptors (Lipinski definition) is 1. The summed E-state index contributed by atoms with van der Waals surface area (Å²) in [5.41, 5.74) is 0.939. The molecule has 1 amide bonds. The van der Waals surface area contributed by atoms with Gasteiger partial charge in [0.2, 0.25) is 5.91 Å². The van der Waals surface area contributed by atoms with E-state index in [9.17, 15) is 4.79 Å². The minimum absolute atomic E-state index is 0.0151. The molecule has 3 aliphatic rings. The van der Waals surface area contributed by atoms with E-state index in [1.807, 2.05) is 30.3 Å². The maximum Gasteiger partial charge on any atom is 0.231 e. The van der Waals surface area contributed by atoms with E-state index in [-0.39, 0.29) is 5.41 Å². The molecule has 0 spiro atoms. The Hall–Kier alpha value is -1.31. The highest BCUT2D eigenvalue weighted by Gasteiger charge is 2.63. The molecule has 3 fully saturated rings. The fourth-order valence-corrected chi connectivity index (χ4v) is 5.31. The van der Waals surface area contributed by atoms with Gasteiger partial charge < -0.3 is 5.32 Å². The number of carbonyl (C=O) groups excluding carboxylic acids is 1. The van der Waals surface area contributed by atoms with Crippen LogP contribution in [-0.4, -0.2) is 5.91 Å².